The van der Waals surface area contributed by atoms with Gasteiger partial charge in [0, 0.05) is 13.1 Å². The molecule has 146 valence electrons. The molecule has 1 atom stereocenters. The largest absolute Gasteiger partial charge is 0.444 e. The van der Waals surface area contributed by atoms with E-state index in [1.165, 1.54) is 0 Å². The third-order valence-corrected chi connectivity index (χ3v) is 6.35. The number of nitrogens with zero attached hydrogens (tertiary/aromatic N) is 3. The third-order valence-electron chi connectivity index (χ3n) is 4.19. The van der Waals surface area contributed by atoms with Gasteiger partial charge in [-0.15, -0.1) is 0 Å². The van der Waals surface area contributed by atoms with Gasteiger partial charge in [-0.2, -0.15) is 0 Å². The highest BCUT2D eigenvalue weighted by Gasteiger charge is 2.34. The van der Waals surface area contributed by atoms with Crippen molar-refractivity contribution in [1.29, 1.82) is 0 Å². The van der Waals surface area contributed by atoms with Crippen molar-refractivity contribution < 1.29 is 17.9 Å². The number of hydrogen-bond acceptors (Lipinski definition) is 6. The fourth-order valence-electron chi connectivity index (χ4n) is 3.01. The molecule has 0 radical (unpaired) electrons. The smallest absolute Gasteiger partial charge is 0.410 e. The summed E-state index contributed by atoms with van der Waals surface area (Å²) in [6.45, 7) is 6.18. The highest BCUT2D eigenvalue weighted by atomic mass is 35.5. The molecule has 27 heavy (non-hydrogen) atoms. The molecule has 2 heterocycles. The van der Waals surface area contributed by atoms with Crippen LogP contribution in [0.4, 0.5) is 4.79 Å². The highest BCUT2D eigenvalue weighted by molar-refractivity contribution is 7.91. The topological polar surface area (TPSA) is 89.5 Å². The zero-order chi connectivity index (χ0) is 19.8. The lowest BCUT2D eigenvalue weighted by molar-refractivity contribution is 0.0289. The first-order valence-corrected chi connectivity index (χ1v) is 10.7. The number of ether oxygens (including phenoxy) is 1. The van der Waals surface area contributed by atoms with Crippen LogP contribution < -0.4 is 0 Å². The van der Waals surface area contributed by atoms with Gasteiger partial charge >= 0.3 is 6.09 Å². The minimum atomic E-state index is -3.73. The molecule has 0 N–H and O–H groups in total. The number of aromatic nitrogens is 2. The number of sulfone groups is 1. The lowest BCUT2D eigenvalue weighted by Crippen LogP contribution is -2.35. The number of amides is 1. The van der Waals surface area contributed by atoms with Crippen molar-refractivity contribution in [3.63, 3.8) is 0 Å². The van der Waals surface area contributed by atoms with Crippen LogP contribution in [0.5, 0.6) is 0 Å². The molecule has 0 aliphatic carbocycles. The Balaban J connectivity index is 1.74. The molecule has 1 aromatic carbocycles. The van der Waals surface area contributed by atoms with Gasteiger partial charge in [0.25, 0.3) is 0 Å². The van der Waals surface area contributed by atoms with Crippen molar-refractivity contribution in [2.45, 2.75) is 37.8 Å². The number of carbonyl (C=O) groups excluding carboxylic acids is 1. The van der Waals surface area contributed by atoms with Crippen LogP contribution in [0.3, 0.4) is 0 Å². The summed E-state index contributed by atoms with van der Waals surface area (Å²) in [5.41, 5.74) is 0.427. The van der Waals surface area contributed by atoms with E-state index < -0.39 is 21.5 Å². The first kappa shape index (κ1) is 19.8. The number of halogens is 1. The minimum absolute atomic E-state index is 0.129. The maximum atomic E-state index is 12.8. The van der Waals surface area contributed by atoms with E-state index in [2.05, 4.69) is 9.97 Å². The average molecular weight is 412 g/mol. The minimum Gasteiger partial charge on any atom is -0.444 e. The van der Waals surface area contributed by atoms with Gasteiger partial charge in [0.15, 0.2) is 20.0 Å². The lowest BCUT2D eigenvalue weighted by atomic mass is 10.2. The molecular weight excluding hydrogens is 390 g/mol. The maximum absolute atomic E-state index is 12.8. The number of benzene rings is 1. The zero-order valence-corrected chi connectivity index (χ0v) is 17.0. The summed E-state index contributed by atoms with van der Waals surface area (Å²) in [7, 11) is -3.73. The van der Waals surface area contributed by atoms with Crippen LogP contribution in [0.1, 0.15) is 27.2 Å². The van der Waals surface area contributed by atoms with Crippen molar-refractivity contribution in [2.75, 3.05) is 18.8 Å². The van der Waals surface area contributed by atoms with Crippen molar-refractivity contribution >= 4 is 38.6 Å². The Morgan fingerprint density at radius 3 is 2.52 bits per heavy atom. The third kappa shape index (κ3) is 4.68. The number of likely N-dealkylation sites (tertiary alicyclic amines) is 1. The van der Waals surface area contributed by atoms with Gasteiger partial charge in [0.2, 0.25) is 0 Å². The molecule has 1 amide bonds. The Labute approximate surface area is 163 Å². The normalized spacial score (nSPS) is 18.1. The second-order valence-corrected chi connectivity index (χ2v) is 9.98. The molecule has 3 rings (SSSR count). The fraction of sp³-hybridized carbons (Fsp3) is 0.500. The van der Waals surface area contributed by atoms with Gasteiger partial charge in [-0.05, 0) is 45.2 Å². The molecule has 0 spiro atoms. The Hall–Kier alpha value is -1.93. The van der Waals surface area contributed by atoms with Crippen LogP contribution in [-0.2, 0) is 14.6 Å². The molecule has 2 aromatic rings. The SMILES string of the molecule is CC(C)(C)OC(=O)N1CC[C@@H](CS(=O)(=O)c2nc3ccccc3nc2Cl)C1. The summed E-state index contributed by atoms with van der Waals surface area (Å²) in [6, 6.07) is 6.96. The maximum Gasteiger partial charge on any atom is 0.410 e. The predicted octanol–water partition coefficient (Wildman–Crippen LogP) is 3.31. The number of hydrogen-bond donors (Lipinski definition) is 0. The molecule has 1 fully saturated rings. The Morgan fingerprint density at radius 1 is 1.26 bits per heavy atom. The first-order chi connectivity index (χ1) is 12.5. The molecule has 1 aliphatic heterocycles. The fourth-order valence-corrected chi connectivity index (χ4v) is 5.09. The first-order valence-electron chi connectivity index (χ1n) is 8.68. The Bertz CT molecular complexity index is 972. The molecular formula is C18H22ClN3O4S. The number of rotatable bonds is 3. The van der Waals surface area contributed by atoms with Crippen molar-refractivity contribution in [3.8, 4) is 0 Å². The van der Waals surface area contributed by atoms with E-state index in [0.29, 0.717) is 30.5 Å². The lowest BCUT2D eigenvalue weighted by Gasteiger charge is -2.24. The highest BCUT2D eigenvalue weighted by Crippen LogP contribution is 2.26. The molecule has 9 heteroatoms. The van der Waals surface area contributed by atoms with Crippen LogP contribution >= 0.6 is 11.6 Å². The van der Waals surface area contributed by atoms with Gasteiger partial charge < -0.3 is 9.64 Å². The van der Waals surface area contributed by atoms with Gasteiger partial charge in [-0.1, -0.05) is 23.7 Å². The average Bonchev–Trinajstić information content (AvgIpc) is 3.00. The second kappa shape index (κ2) is 7.24. The van der Waals surface area contributed by atoms with Crippen molar-refractivity contribution in [1.82, 2.24) is 14.9 Å². The molecule has 1 aromatic heterocycles. The molecule has 0 bridgehead atoms. The van der Waals surface area contributed by atoms with Gasteiger partial charge in [0.05, 0.1) is 16.8 Å². The summed E-state index contributed by atoms with van der Waals surface area (Å²) in [5, 5.41) is -0.339. The van der Waals surface area contributed by atoms with Crippen molar-refractivity contribution in [3.05, 3.63) is 29.4 Å². The summed E-state index contributed by atoms with van der Waals surface area (Å²) < 4.78 is 31.0. The number of carbonyl (C=O) groups is 1. The van der Waals surface area contributed by atoms with Gasteiger partial charge in [0.1, 0.15) is 5.60 Å². The Kier molecular flexibility index (Phi) is 5.31. The van der Waals surface area contributed by atoms with Crippen LogP contribution in [0.15, 0.2) is 29.3 Å². The number of fused-ring (bicyclic) bond motifs is 1. The van der Waals surface area contributed by atoms with Gasteiger partial charge in [-0.25, -0.2) is 23.2 Å². The predicted molar refractivity (Wildman–Crippen MR) is 103 cm³/mol. The van der Waals surface area contributed by atoms with E-state index in [0.717, 1.165) is 0 Å². The molecule has 0 saturated carbocycles. The van der Waals surface area contributed by atoms with E-state index in [4.69, 9.17) is 16.3 Å². The van der Waals surface area contributed by atoms with Crippen molar-refractivity contribution in [2.24, 2.45) is 5.92 Å². The van der Waals surface area contributed by atoms with Crippen LogP contribution in [0.2, 0.25) is 5.15 Å². The van der Waals surface area contributed by atoms with E-state index in [9.17, 15) is 13.2 Å². The molecule has 0 unspecified atom stereocenters. The molecule has 7 nitrogen and oxygen atoms in total. The van der Waals surface area contributed by atoms with Crippen LogP contribution in [-0.4, -0.2) is 53.8 Å². The molecule has 1 saturated heterocycles. The monoisotopic (exact) mass is 411 g/mol. The summed E-state index contributed by atoms with van der Waals surface area (Å²) in [6.07, 6.45) is 0.155. The quantitative estimate of drug-likeness (QED) is 0.769. The van der Waals surface area contributed by atoms with E-state index in [1.807, 2.05) is 0 Å². The van der Waals surface area contributed by atoms with E-state index in [-0.39, 0.29) is 21.8 Å². The summed E-state index contributed by atoms with van der Waals surface area (Å²) >= 11 is 6.09. The summed E-state index contributed by atoms with van der Waals surface area (Å²) in [4.78, 5) is 22.0. The number of para-hydroxylation sites is 2. The van der Waals surface area contributed by atoms with Crippen LogP contribution in [0.25, 0.3) is 11.0 Å². The van der Waals surface area contributed by atoms with E-state index >= 15 is 0 Å². The second-order valence-electron chi connectivity index (χ2n) is 7.67. The molecule has 1 aliphatic rings. The van der Waals surface area contributed by atoms with Crippen LogP contribution in [0, 0.1) is 5.92 Å². The standard InChI is InChI=1S/C18H22ClN3O4S/c1-18(2,3)26-17(23)22-9-8-12(10-22)11-27(24,25)16-15(19)20-13-6-4-5-7-14(13)21-16/h4-7,12H,8-11H2,1-3H3/t12-/m1/s1. The van der Waals surface area contributed by atoms with E-state index in [1.54, 1.807) is 49.9 Å². The van der Waals surface area contributed by atoms with Gasteiger partial charge in [-0.3, -0.25) is 0 Å². The summed E-state index contributed by atoms with van der Waals surface area (Å²) in [5.74, 6) is -0.342. The Morgan fingerprint density at radius 2 is 1.89 bits per heavy atom. The zero-order valence-electron chi connectivity index (χ0n) is 15.5.